The first-order valence-electron chi connectivity index (χ1n) is 5.13. The van der Waals surface area contributed by atoms with E-state index in [0.29, 0.717) is 0 Å². The van der Waals surface area contributed by atoms with Gasteiger partial charge in [-0.1, -0.05) is 12.1 Å². The second-order valence-corrected chi connectivity index (χ2v) is 9.20. The number of phenolic OH excluding ortho intramolecular Hbond substituents is 1. The summed E-state index contributed by atoms with van der Waals surface area (Å²) >= 11 is 0. The summed E-state index contributed by atoms with van der Waals surface area (Å²) in [5.74, 6) is -0.0670. The van der Waals surface area contributed by atoms with E-state index in [-0.39, 0.29) is 11.3 Å². The number of rotatable bonds is 3. The van der Waals surface area contributed by atoms with Crippen molar-refractivity contribution in [3.8, 4) is 5.75 Å². The van der Waals surface area contributed by atoms with Crippen molar-refractivity contribution >= 4 is 8.32 Å². The molecule has 0 saturated carbocycles. The van der Waals surface area contributed by atoms with Crippen molar-refractivity contribution in [3.05, 3.63) is 29.8 Å². The third-order valence-corrected chi connectivity index (χ3v) is 2.91. The summed E-state index contributed by atoms with van der Waals surface area (Å²) in [7, 11) is -2.31. The maximum Gasteiger partial charge on any atom is 0.417 e. The SMILES string of the molecule is C[Si](C)(C)OC(c1ccc(O)cc1)C(F)(F)F. The summed E-state index contributed by atoms with van der Waals surface area (Å²) in [5, 5.41) is 9.06. The van der Waals surface area contributed by atoms with Crippen LogP contribution in [0.4, 0.5) is 13.2 Å². The van der Waals surface area contributed by atoms with Crippen LogP contribution in [0.25, 0.3) is 0 Å². The largest absolute Gasteiger partial charge is 0.508 e. The Hall–Kier alpha value is -1.01. The van der Waals surface area contributed by atoms with E-state index in [4.69, 9.17) is 9.53 Å². The third kappa shape index (κ3) is 4.39. The highest BCUT2D eigenvalue weighted by Gasteiger charge is 2.44. The smallest absolute Gasteiger partial charge is 0.417 e. The lowest BCUT2D eigenvalue weighted by Crippen LogP contribution is -2.34. The lowest BCUT2D eigenvalue weighted by Gasteiger charge is -2.28. The van der Waals surface area contributed by atoms with Gasteiger partial charge in [0.15, 0.2) is 14.4 Å². The minimum Gasteiger partial charge on any atom is -0.508 e. The van der Waals surface area contributed by atoms with Gasteiger partial charge in [0.1, 0.15) is 5.75 Å². The number of halogens is 3. The highest BCUT2D eigenvalue weighted by Crippen LogP contribution is 2.38. The maximum absolute atomic E-state index is 12.9. The number of hydrogen-bond acceptors (Lipinski definition) is 2. The van der Waals surface area contributed by atoms with Gasteiger partial charge < -0.3 is 9.53 Å². The number of phenols is 1. The van der Waals surface area contributed by atoms with Crippen LogP contribution in [0.15, 0.2) is 24.3 Å². The Morgan fingerprint density at radius 1 is 1.12 bits per heavy atom. The Morgan fingerprint density at radius 2 is 1.59 bits per heavy atom. The van der Waals surface area contributed by atoms with Crippen molar-refractivity contribution in [1.29, 1.82) is 0 Å². The molecule has 1 rings (SSSR count). The fourth-order valence-corrected chi connectivity index (χ4v) is 2.30. The van der Waals surface area contributed by atoms with Crippen molar-refractivity contribution in [3.63, 3.8) is 0 Å². The molecule has 0 bridgehead atoms. The Balaban J connectivity index is 3.03. The molecule has 1 aromatic rings. The van der Waals surface area contributed by atoms with Crippen LogP contribution in [0.1, 0.15) is 11.7 Å². The van der Waals surface area contributed by atoms with Crippen LogP contribution in [0, 0.1) is 0 Å². The van der Waals surface area contributed by atoms with Crippen LogP contribution in [-0.2, 0) is 4.43 Å². The lowest BCUT2D eigenvalue weighted by atomic mass is 10.1. The van der Waals surface area contributed by atoms with Gasteiger partial charge in [-0.05, 0) is 37.3 Å². The minimum absolute atomic E-state index is 0.0118. The zero-order chi connectivity index (χ0) is 13.3. The van der Waals surface area contributed by atoms with Crippen molar-refractivity contribution in [2.24, 2.45) is 0 Å². The lowest BCUT2D eigenvalue weighted by molar-refractivity contribution is -0.200. The summed E-state index contributed by atoms with van der Waals surface area (Å²) < 4.78 is 43.8. The number of hydrogen-bond donors (Lipinski definition) is 1. The highest BCUT2D eigenvalue weighted by molar-refractivity contribution is 6.69. The van der Waals surface area contributed by atoms with Gasteiger partial charge in [0.05, 0.1) is 0 Å². The Labute approximate surface area is 99.2 Å². The average molecular weight is 264 g/mol. The molecule has 6 heteroatoms. The van der Waals surface area contributed by atoms with Crippen LogP contribution in [0.5, 0.6) is 5.75 Å². The van der Waals surface area contributed by atoms with Crippen molar-refractivity contribution in [2.75, 3.05) is 0 Å². The molecular formula is C11H15F3O2Si. The standard InChI is InChI=1S/C11H15F3O2Si/c1-17(2,3)16-10(11(12,13)14)8-4-6-9(15)7-5-8/h4-7,10,15H,1-3H3. The molecular weight excluding hydrogens is 249 g/mol. The summed E-state index contributed by atoms with van der Waals surface area (Å²) in [4.78, 5) is 0. The molecule has 0 aliphatic rings. The molecule has 1 unspecified atom stereocenters. The zero-order valence-electron chi connectivity index (χ0n) is 9.88. The quantitative estimate of drug-likeness (QED) is 0.840. The number of benzene rings is 1. The molecule has 0 aromatic heterocycles. The third-order valence-electron chi connectivity index (χ3n) is 1.96. The molecule has 0 aliphatic heterocycles. The van der Waals surface area contributed by atoms with Gasteiger partial charge in [-0.2, -0.15) is 13.2 Å². The summed E-state index contributed by atoms with van der Waals surface area (Å²) in [6.07, 6.45) is -6.37. The predicted molar refractivity (Wildman–Crippen MR) is 61.3 cm³/mol. The Kier molecular flexibility index (Phi) is 3.88. The predicted octanol–water partition coefficient (Wildman–Crippen LogP) is 3.85. The summed E-state index contributed by atoms with van der Waals surface area (Å²) in [5.41, 5.74) is 0.0118. The molecule has 0 radical (unpaired) electrons. The van der Waals surface area contributed by atoms with Crippen molar-refractivity contribution < 1.29 is 22.7 Å². The molecule has 1 N–H and O–H groups in total. The fraction of sp³-hybridized carbons (Fsp3) is 0.455. The molecule has 2 nitrogen and oxygen atoms in total. The molecule has 0 saturated heterocycles. The fourth-order valence-electron chi connectivity index (χ4n) is 1.33. The highest BCUT2D eigenvalue weighted by atomic mass is 28.4. The second kappa shape index (κ2) is 4.70. The molecule has 1 atom stereocenters. The first-order chi connectivity index (χ1) is 7.59. The van der Waals surface area contributed by atoms with E-state index in [9.17, 15) is 13.2 Å². The average Bonchev–Trinajstić information content (AvgIpc) is 2.13. The number of alkyl halides is 3. The van der Waals surface area contributed by atoms with Crippen LogP contribution in [0.3, 0.4) is 0 Å². The normalized spacial score (nSPS) is 14.7. The second-order valence-electron chi connectivity index (χ2n) is 4.74. The summed E-state index contributed by atoms with van der Waals surface area (Å²) in [6.45, 7) is 5.10. The minimum atomic E-state index is -4.45. The van der Waals surface area contributed by atoms with Gasteiger partial charge in [-0.25, -0.2) is 0 Å². The zero-order valence-corrected chi connectivity index (χ0v) is 10.9. The van der Waals surface area contributed by atoms with E-state index in [1.807, 2.05) is 0 Å². The van der Waals surface area contributed by atoms with Crippen LogP contribution in [0.2, 0.25) is 19.6 Å². The molecule has 0 heterocycles. The van der Waals surface area contributed by atoms with E-state index in [0.717, 1.165) is 0 Å². The topological polar surface area (TPSA) is 29.5 Å². The van der Waals surface area contributed by atoms with E-state index in [2.05, 4.69) is 0 Å². The Morgan fingerprint density at radius 3 is 1.94 bits per heavy atom. The van der Waals surface area contributed by atoms with Gasteiger partial charge in [0, 0.05) is 0 Å². The molecule has 0 spiro atoms. The van der Waals surface area contributed by atoms with Gasteiger partial charge in [0.2, 0.25) is 0 Å². The van der Waals surface area contributed by atoms with Crippen molar-refractivity contribution in [1.82, 2.24) is 0 Å². The molecule has 0 fully saturated rings. The molecule has 1 aromatic carbocycles. The number of aromatic hydroxyl groups is 1. The van der Waals surface area contributed by atoms with E-state index in [1.165, 1.54) is 24.3 Å². The van der Waals surface area contributed by atoms with Gasteiger partial charge in [0.25, 0.3) is 0 Å². The molecule has 96 valence electrons. The van der Waals surface area contributed by atoms with E-state index in [1.54, 1.807) is 19.6 Å². The van der Waals surface area contributed by atoms with Gasteiger partial charge >= 0.3 is 6.18 Å². The molecule has 0 aliphatic carbocycles. The Bertz CT molecular complexity index is 368. The maximum atomic E-state index is 12.9. The summed E-state index contributed by atoms with van der Waals surface area (Å²) in [6, 6.07) is 4.91. The van der Waals surface area contributed by atoms with Gasteiger partial charge in [-0.15, -0.1) is 0 Å². The monoisotopic (exact) mass is 264 g/mol. The van der Waals surface area contributed by atoms with E-state index >= 15 is 0 Å². The van der Waals surface area contributed by atoms with Crippen LogP contribution >= 0.6 is 0 Å². The van der Waals surface area contributed by atoms with Gasteiger partial charge in [-0.3, -0.25) is 0 Å². The first kappa shape index (κ1) is 14.0. The first-order valence-corrected chi connectivity index (χ1v) is 8.54. The van der Waals surface area contributed by atoms with Crippen LogP contribution in [-0.4, -0.2) is 19.6 Å². The van der Waals surface area contributed by atoms with E-state index < -0.39 is 20.6 Å². The molecule has 0 amide bonds. The van der Waals surface area contributed by atoms with Crippen molar-refractivity contribution in [2.45, 2.75) is 31.9 Å². The molecule has 17 heavy (non-hydrogen) atoms. The van der Waals surface area contributed by atoms with Crippen LogP contribution < -0.4 is 0 Å².